The predicted octanol–water partition coefficient (Wildman–Crippen LogP) is 2.27. The molecule has 1 aromatic rings. The van der Waals surface area contributed by atoms with Crippen molar-refractivity contribution in [1.29, 1.82) is 0 Å². The molecule has 0 radical (unpaired) electrons. The second-order valence-electron chi connectivity index (χ2n) is 7.82. The lowest BCUT2D eigenvalue weighted by atomic mass is 9.81. The van der Waals surface area contributed by atoms with Gasteiger partial charge in [-0.25, -0.2) is 0 Å². The lowest BCUT2D eigenvalue weighted by Crippen LogP contribution is -2.38. The van der Waals surface area contributed by atoms with Gasteiger partial charge in [0.1, 0.15) is 6.54 Å². The van der Waals surface area contributed by atoms with E-state index in [9.17, 15) is 19.2 Å². The summed E-state index contributed by atoms with van der Waals surface area (Å²) in [5.41, 5.74) is 1.55. The summed E-state index contributed by atoms with van der Waals surface area (Å²) in [5, 5.41) is 2.64. The number of nitrogens with zero attached hydrogens (tertiary/aromatic N) is 1. The Labute approximate surface area is 170 Å². The number of amides is 3. The number of ether oxygens (including phenoxy) is 1. The van der Waals surface area contributed by atoms with E-state index in [2.05, 4.69) is 21.2 Å². The molecule has 2 saturated carbocycles. The van der Waals surface area contributed by atoms with E-state index in [-0.39, 0.29) is 35.5 Å². The molecule has 4 atom stereocenters. The quantitative estimate of drug-likeness (QED) is 0.550. The smallest absolute Gasteiger partial charge is 0.326 e. The number of imide groups is 1. The Kier molecular flexibility index (Phi) is 4.99. The number of halogens is 1. The Morgan fingerprint density at radius 2 is 1.82 bits per heavy atom. The van der Waals surface area contributed by atoms with Gasteiger partial charge in [-0.2, -0.15) is 0 Å². The van der Waals surface area contributed by atoms with Gasteiger partial charge in [0, 0.05) is 10.2 Å². The fraction of sp³-hybridized carbons (Fsp3) is 0.500. The highest BCUT2D eigenvalue weighted by atomic mass is 79.9. The number of benzene rings is 1. The zero-order valence-corrected chi connectivity index (χ0v) is 17.0. The maximum atomic E-state index is 12.6. The van der Waals surface area contributed by atoms with Crippen LogP contribution in [0.15, 0.2) is 22.7 Å². The van der Waals surface area contributed by atoms with Gasteiger partial charge in [0.25, 0.3) is 5.91 Å². The van der Waals surface area contributed by atoms with Crippen molar-refractivity contribution >= 4 is 45.3 Å². The van der Waals surface area contributed by atoms with Gasteiger partial charge in [-0.3, -0.25) is 24.1 Å². The number of fused-ring (bicyclic) bond motifs is 5. The van der Waals surface area contributed by atoms with E-state index in [1.165, 1.54) is 0 Å². The second kappa shape index (κ2) is 7.31. The summed E-state index contributed by atoms with van der Waals surface area (Å²) in [7, 11) is 0. The first-order chi connectivity index (χ1) is 13.3. The van der Waals surface area contributed by atoms with E-state index >= 15 is 0 Å². The molecule has 1 N–H and O–H groups in total. The molecule has 1 aliphatic heterocycles. The molecular formula is C20H21BrN2O5. The lowest BCUT2D eigenvalue weighted by molar-refractivity contribution is -0.154. The van der Waals surface area contributed by atoms with E-state index in [1.54, 1.807) is 12.1 Å². The molecule has 8 heteroatoms. The van der Waals surface area contributed by atoms with Crippen LogP contribution in [-0.4, -0.2) is 41.7 Å². The molecular weight excluding hydrogens is 428 g/mol. The van der Waals surface area contributed by atoms with Gasteiger partial charge in [-0.1, -0.05) is 15.9 Å². The van der Waals surface area contributed by atoms with Crippen LogP contribution in [0.25, 0.3) is 0 Å². The van der Waals surface area contributed by atoms with Crippen LogP contribution in [0.4, 0.5) is 5.69 Å². The number of esters is 1. The monoisotopic (exact) mass is 448 g/mol. The minimum atomic E-state index is -0.754. The predicted molar refractivity (Wildman–Crippen MR) is 103 cm³/mol. The van der Waals surface area contributed by atoms with Crippen molar-refractivity contribution in [3.8, 4) is 0 Å². The highest BCUT2D eigenvalue weighted by molar-refractivity contribution is 9.10. The molecule has 0 spiro atoms. The van der Waals surface area contributed by atoms with Gasteiger partial charge in [0.05, 0.1) is 11.8 Å². The molecule has 2 bridgehead atoms. The van der Waals surface area contributed by atoms with Crippen molar-refractivity contribution < 1.29 is 23.9 Å². The first kappa shape index (κ1) is 19.1. The summed E-state index contributed by atoms with van der Waals surface area (Å²) >= 11 is 3.38. The molecule has 4 rings (SSSR count). The van der Waals surface area contributed by atoms with Crippen LogP contribution in [-0.2, 0) is 23.9 Å². The lowest BCUT2D eigenvalue weighted by Gasteiger charge is -2.19. The van der Waals surface area contributed by atoms with E-state index in [0.29, 0.717) is 5.69 Å². The Morgan fingerprint density at radius 3 is 2.43 bits per heavy atom. The number of carbonyl (C=O) groups excluding carboxylic acids is 4. The minimum Gasteiger partial charge on any atom is -0.454 e. The number of anilines is 1. The van der Waals surface area contributed by atoms with Gasteiger partial charge in [0.2, 0.25) is 11.8 Å². The van der Waals surface area contributed by atoms with E-state index in [1.807, 2.05) is 13.0 Å². The average Bonchev–Trinajstić information content (AvgIpc) is 3.33. The molecule has 148 valence electrons. The number of rotatable bonds is 5. The van der Waals surface area contributed by atoms with Crippen LogP contribution in [0.5, 0.6) is 0 Å². The SMILES string of the molecule is Cc1cc(NC(=O)COC(=O)CN2C(=O)[C@@H]3[C@H]4CC[C@@H](C4)[C@H]3C2=O)ccc1Br. The Balaban J connectivity index is 1.29. The van der Waals surface area contributed by atoms with E-state index < -0.39 is 25.0 Å². The molecule has 3 aliphatic rings. The Morgan fingerprint density at radius 1 is 1.18 bits per heavy atom. The highest BCUT2D eigenvalue weighted by Crippen LogP contribution is 2.56. The van der Waals surface area contributed by atoms with E-state index in [4.69, 9.17) is 4.74 Å². The normalized spacial score (nSPS) is 27.9. The van der Waals surface area contributed by atoms with E-state index in [0.717, 1.165) is 34.2 Å². The van der Waals surface area contributed by atoms with Crippen molar-refractivity contribution in [2.75, 3.05) is 18.5 Å². The number of likely N-dealkylation sites (tertiary alicyclic amines) is 1. The second-order valence-corrected chi connectivity index (χ2v) is 8.67. The molecule has 7 nitrogen and oxygen atoms in total. The molecule has 1 aromatic carbocycles. The topological polar surface area (TPSA) is 92.8 Å². The fourth-order valence-corrected chi connectivity index (χ4v) is 5.11. The van der Waals surface area contributed by atoms with Crippen LogP contribution < -0.4 is 5.32 Å². The van der Waals surface area contributed by atoms with Gasteiger partial charge in [-0.15, -0.1) is 0 Å². The first-order valence-electron chi connectivity index (χ1n) is 9.42. The largest absolute Gasteiger partial charge is 0.454 e. The first-order valence-corrected chi connectivity index (χ1v) is 10.2. The molecule has 28 heavy (non-hydrogen) atoms. The van der Waals surface area contributed by atoms with Crippen molar-refractivity contribution in [2.45, 2.75) is 26.2 Å². The molecule has 3 amide bonds. The third-order valence-corrected chi connectivity index (χ3v) is 7.00. The standard InChI is InChI=1S/C20H21BrN2O5/c1-10-6-13(4-5-14(10)21)22-15(24)9-28-16(25)8-23-19(26)17-11-2-3-12(7-11)18(17)20(23)27/h4-6,11-12,17-18H,2-3,7-9H2,1H3,(H,22,24)/t11-,12-,17+,18+/m0/s1. The van der Waals surface area contributed by atoms with Crippen molar-refractivity contribution in [1.82, 2.24) is 4.90 Å². The third kappa shape index (κ3) is 3.34. The zero-order valence-electron chi connectivity index (χ0n) is 15.4. The molecule has 0 unspecified atom stereocenters. The maximum Gasteiger partial charge on any atom is 0.326 e. The van der Waals surface area contributed by atoms with Gasteiger partial charge < -0.3 is 10.1 Å². The molecule has 0 aromatic heterocycles. The highest BCUT2D eigenvalue weighted by Gasteiger charge is 2.61. The zero-order chi connectivity index (χ0) is 20.0. The number of aryl methyl sites for hydroxylation is 1. The van der Waals surface area contributed by atoms with Crippen LogP contribution in [0, 0.1) is 30.6 Å². The number of hydrogen-bond acceptors (Lipinski definition) is 5. The summed E-state index contributed by atoms with van der Waals surface area (Å²) in [6.07, 6.45) is 2.92. The molecule has 2 aliphatic carbocycles. The van der Waals surface area contributed by atoms with Crippen LogP contribution in [0.2, 0.25) is 0 Å². The summed E-state index contributed by atoms with van der Waals surface area (Å²) < 4.78 is 5.90. The Hall–Kier alpha value is -2.22. The maximum absolute atomic E-state index is 12.6. The number of hydrogen-bond donors (Lipinski definition) is 1. The Bertz CT molecular complexity index is 842. The number of nitrogens with one attached hydrogen (secondary N) is 1. The van der Waals surface area contributed by atoms with Gasteiger partial charge in [0.15, 0.2) is 6.61 Å². The fourth-order valence-electron chi connectivity index (χ4n) is 4.87. The number of carbonyl (C=O) groups is 4. The minimum absolute atomic E-state index is 0.256. The van der Waals surface area contributed by atoms with Gasteiger partial charge >= 0.3 is 5.97 Å². The van der Waals surface area contributed by atoms with Crippen LogP contribution in [0.1, 0.15) is 24.8 Å². The molecule has 1 saturated heterocycles. The van der Waals surface area contributed by atoms with Crippen LogP contribution in [0.3, 0.4) is 0 Å². The average molecular weight is 449 g/mol. The molecule has 3 fully saturated rings. The van der Waals surface area contributed by atoms with Crippen LogP contribution >= 0.6 is 15.9 Å². The summed E-state index contributed by atoms with van der Waals surface area (Å²) in [5.74, 6) is -1.73. The third-order valence-electron chi connectivity index (χ3n) is 6.11. The van der Waals surface area contributed by atoms with Crippen molar-refractivity contribution in [3.05, 3.63) is 28.2 Å². The summed E-state index contributed by atoms with van der Waals surface area (Å²) in [6, 6.07) is 5.33. The molecule has 1 heterocycles. The summed E-state index contributed by atoms with van der Waals surface area (Å²) in [6.45, 7) is 1.00. The van der Waals surface area contributed by atoms with Crippen molar-refractivity contribution in [2.24, 2.45) is 23.7 Å². The summed E-state index contributed by atoms with van der Waals surface area (Å²) in [4.78, 5) is 50.3. The van der Waals surface area contributed by atoms with Gasteiger partial charge in [-0.05, 0) is 61.8 Å². The van der Waals surface area contributed by atoms with Crippen molar-refractivity contribution in [3.63, 3.8) is 0 Å².